The molecular formula is C12H19NO4. The number of rotatable bonds is 3. The number of ether oxygens (including phenoxy) is 2. The van der Waals surface area contributed by atoms with Gasteiger partial charge in [-0.15, -0.1) is 0 Å². The molecular weight excluding hydrogens is 222 g/mol. The van der Waals surface area contributed by atoms with Gasteiger partial charge in [-0.05, 0) is 33.1 Å². The molecule has 0 saturated carbocycles. The van der Waals surface area contributed by atoms with Crippen LogP contribution >= 0.6 is 0 Å². The molecule has 0 radical (unpaired) electrons. The Labute approximate surface area is 101 Å². The molecule has 2 rings (SSSR count). The quantitative estimate of drug-likeness (QED) is 0.704. The number of carbonyl (C=O) groups is 2. The van der Waals surface area contributed by atoms with Gasteiger partial charge in [0.05, 0.1) is 19.1 Å². The van der Waals surface area contributed by atoms with Gasteiger partial charge in [0.1, 0.15) is 0 Å². The highest BCUT2D eigenvalue weighted by atomic mass is 16.6. The number of hydrogen-bond acceptors (Lipinski definition) is 4. The fourth-order valence-corrected chi connectivity index (χ4v) is 2.97. The summed E-state index contributed by atoms with van der Waals surface area (Å²) >= 11 is 0. The molecule has 5 heteroatoms. The maximum absolute atomic E-state index is 11.8. The number of amides is 1. The highest BCUT2D eigenvalue weighted by Crippen LogP contribution is 2.42. The van der Waals surface area contributed by atoms with Gasteiger partial charge in [0, 0.05) is 12.1 Å². The van der Waals surface area contributed by atoms with Crippen LogP contribution in [-0.4, -0.2) is 42.3 Å². The zero-order valence-corrected chi connectivity index (χ0v) is 10.3. The van der Waals surface area contributed by atoms with Crippen LogP contribution in [0.15, 0.2) is 0 Å². The smallest absolute Gasteiger partial charge is 0.410 e. The normalized spacial score (nSPS) is 30.5. The first-order valence-corrected chi connectivity index (χ1v) is 6.30. The molecule has 1 amide bonds. The first-order valence-electron chi connectivity index (χ1n) is 6.30. The van der Waals surface area contributed by atoms with Crippen molar-refractivity contribution in [2.24, 2.45) is 5.92 Å². The Morgan fingerprint density at radius 1 is 1.18 bits per heavy atom. The van der Waals surface area contributed by atoms with Crippen LogP contribution < -0.4 is 0 Å². The maximum Gasteiger partial charge on any atom is 0.410 e. The Balaban J connectivity index is 2.03. The van der Waals surface area contributed by atoms with E-state index in [1.54, 1.807) is 18.7 Å². The first-order chi connectivity index (χ1) is 8.19. The number of fused-ring (bicyclic) bond motifs is 2. The number of nitrogens with zero attached hydrogens (tertiary/aromatic N) is 1. The SMILES string of the molecule is CCOC(=O)C1CC2CCC1N2C(=O)OCC. The van der Waals surface area contributed by atoms with E-state index >= 15 is 0 Å². The summed E-state index contributed by atoms with van der Waals surface area (Å²) in [6.07, 6.45) is 2.29. The Morgan fingerprint density at radius 3 is 2.53 bits per heavy atom. The van der Waals surface area contributed by atoms with Crippen LogP contribution in [0.5, 0.6) is 0 Å². The second kappa shape index (κ2) is 4.94. The first kappa shape index (κ1) is 12.2. The second-order valence-electron chi connectivity index (χ2n) is 4.50. The van der Waals surface area contributed by atoms with Crippen molar-refractivity contribution < 1.29 is 19.1 Å². The summed E-state index contributed by atoms with van der Waals surface area (Å²) in [6, 6.07) is 0.145. The van der Waals surface area contributed by atoms with Crippen molar-refractivity contribution in [2.75, 3.05) is 13.2 Å². The van der Waals surface area contributed by atoms with Crippen LogP contribution in [0.4, 0.5) is 4.79 Å². The van der Waals surface area contributed by atoms with Crippen LogP contribution in [0.1, 0.15) is 33.1 Å². The molecule has 96 valence electrons. The van der Waals surface area contributed by atoms with E-state index in [9.17, 15) is 9.59 Å². The summed E-state index contributed by atoms with van der Waals surface area (Å²) in [5.74, 6) is -0.327. The van der Waals surface area contributed by atoms with Gasteiger partial charge in [-0.1, -0.05) is 0 Å². The monoisotopic (exact) mass is 241 g/mol. The van der Waals surface area contributed by atoms with E-state index in [1.807, 2.05) is 0 Å². The van der Waals surface area contributed by atoms with Gasteiger partial charge in [0.15, 0.2) is 0 Å². The van der Waals surface area contributed by atoms with Gasteiger partial charge in [-0.2, -0.15) is 0 Å². The van der Waals surface area contributed by atoms with E-state index in [0.29, 0.717) is 13.2 Å². The summed E-state index contributed by atoms with van der Waals surface area (Å²) in [5.41, 5.74) is 0. The summed E-state index contributed by atoms with van der Waals surface area (Å²) in [6.45, 7) is 4.36. The van der Waals surface area contributed by atoms with Gasteiger partial charge < -0.3 is 14.4 Å². The van der Waals surface area contributed by atoms with E-state index in [1.165, 1.54) is 0 Å². The lowest BCUT2D eigenvalue weighted by Gasteiger charge is -2.22. The minimum atomic E-state index is -0.285. The van der Waals surface area contributed by atoms with Gasteiger partial charge >= 0.3 is 12.1 Å². The standard InChI is InChI=1S/C12H19NO4/c1-3-16-11(14)9-7-8-5-6-10(9)13(8)12(15)17-4-2/h8-10H,3-7H2,1-2H3. The van der Waals surface area contributed by atoms with Gasteiger partial charge in [-0.3, -0.25) is 4.79 Å². The van der Waals surface area contributed by atoms with E-state index in [2.05, 4.69) is 0 Å². The van der Waals surface area contributed by atoms with Crippen LogP contribution in [0.3, 0.4) is 0 Å². The zero-order chi connectivity index (χ0) is 12.4. The topological polar surface area (TPSA) is 55.8 Å². The lowest BCUT2D eigenvalue weighted by Crippen LogP contribution is -2.38. The Bertz CT molecular complexity index is 318. The van der Waals surface area contributed by atoms with Crippen LogP contribution in [0.2, 0.25) is 0 Å². The lowest BCUT2D eigenvalue weighted by molar-refractivity contribution is -0.148. The van der Waals surface area contributed by atoms with Crippen molar-refractivity contribution in [1.29, 1.82) is 0 Å². The maximum atomic E-state index is 11.8. The fraction of sp³-hybridized carbons (Fsp3) is 0.833. The van der Waals surface area contributed by atoms with E-state index in [-0.39, 0.29) is 30.1 Å². The molecule has 2 saturated heterocycles. The minimum Gasteiger partial charge on any atom is -0.466 e. The highest BCUT2D eigenvalue weighted by Gasteiger charge is 2.52. The third kappa shape index (κ3) is 2.10. The number of esters is 1. The summed E-state index contributed by atoms with van der Waals surface area (Å²) in [5, 5.41) is 0. The molecule has 0 spiro atoms. The molecule has 0 aromatic carbocycles. The molecule has 0 aromatic rings. The molecule has 2 heterocycles. The molecule has 2 aliphatic heterocycles. The van der Waals surface area contributed by atoms with Crippen LogP contribution in [0, 0.1) is 5.92 Å². The summed E-state index contributed by atoms with van der Waals surface area (Å²) in [4.78, 5) is 25.3. The second-order valence-corrected chi connectivity index (χ2v) is 4.50. The molecule has 5 nitrogen and oxygen atoms in total. The predicted molar refractivity (Wildman–Crippen MR) is 60.4 cm³/mol. The molecule has 0 aliphatic carbocycles. The third-order valence-electron chi connectivity index (χ3n) is 3.60. The van der Waals surface area contributed by atoms with Gasteiger partial charge in [0.2, 0.25) is 0 Å². The number of carbonyl (C=O) groups excluding carboxylic acids is 2. The molecule has 3 unspecified atom stereocenters. The number of hydrogen-bond donors (Lipinski definition) is 0. The summed E-state index contributed by atoms with van der Waals surface area (Å²) in [7, 11) is 0. The fourth-order valence-electron chi connectivity index (χ4n) is 2.97. The zero-order valence-electron chi connectivity index (χ0n) is 10.3. The van der Waals surface area contributed by atoms with Crippen molar-refractivity contribution in [1.82, 2.24) is 4.90 Å². The van der Waals surface area contributed by atoms with E-state index in [0.717, 1.165) is 19.3 Å². The molecule has 3 atom stereocenters. The van der Waals surface area contributed by atoms with Crippen LogP contribution in [-0.2, 0) is 14.3 Å². The average molecular weight is 241 g/mol. The molecule has 2 fully saturated rings. The molecule has 2 bridgehead atoms. The van der Waals surface area contributed by atoms with E-state index in [4.69, 9.17) is 9.47 Å². The molecule has 2 aliphatic rings. The van der Waals surface area contributed by atoms with Gasteiger partial charge in [-0.25, -0.2) is 4.79 Å². The average Bonchev–Trinajstić information content (AvgIpc) is 2.86. The lowest BCUT2D eigenvalue weighted by atomic mass is 9.89. The molecule has 17 heavy (non-hydrogen) atoms. The van der Waals surface area contributed by atoms with Crippen molar-refractivity contribution in [3.05, 3.63) is 0 Å². The summed E-state index contributed by atoms with van der Waals surface area (Å²) < 4.78 is 10.1. The van der Waals surface area contributed by atoms with Crippen molar-refractivity contribution in [3.63, 3.8) is 0 Å². The Kier molecular flexibility index (Phi) is 3.54. The molecule has 0 aromatic heterocycles. The van der Waals surface area contributed by atoms with Gasteiger partial charge in [0.25, 0.3) is 0 Å². The minimum absolute atomic E-state index is 0.0156. The highest BCUT2D eigenvalue weighted by molar-refractivity contribution is 5.77. The van der Waals surface area contributed by atoms with Crippen molar-refractivity contribution >= 4 is 12.1 Å². The third-order valence-corrected chi connectivity index (χ3v) is 3.60. The Hall–Kier alpha value is -1.26. The van der Waals surface area contributed by atoms with Crippen LogP contribution in [0.25, 0.3) is 0 Å². The molecule has 0 N–H and O–H groups in total. The Morgan fingerprint density at radius 2 is 1.88 bits per heavy atom. The van der Waals surface area contributed by atoms with Crippen molar-refractivity contribution in [2.45, 2.75) is 45.2 Å². The van der Waals surface area contributed by atoms with E-state index < -0.39 is 0 Å². The largest absolute Gasteiger partial charge is 0.466 e. The predicted octanol–water partition coefficient (Wildman–Crippen LogP) is 1.56. The van der Waals surface area contributed by atoms with Crippen molar-refractivity contribution in [3.8, 4) is 0 Å².